The molecule has 0 aromatic heterocycles. The molecule has 2 N–H and O–H groups in total. The first-order valence-electron chi connectivity index (χ1n) is 5.20. The van der Waals surface area contributed by atoms with Crippen molar-refractivity contribution in [3.8, 4) is 17.2 Å². The standard InChI is InChI=1S/C12H18O4/c1-8(13)4-5-9-6-10(15-2)12(14)11(7-9)16-3/h6-8,13-14H,4-5H2,1-3H3/t8-/m0/s1. The van der Waals surface area contributed by atoms with Crippen LogP contribution in [-0.4, -0.2) is 30.5 Å². The first-order valence-corrected chi connectivity index (χ1v) is 5.20. The molecule has 1 atom stereocenters. The lowest BCUT2D eigenvalue weighted by Gasteiger charge is -2.11. The number of rotatable bonds is 5. The Morgan fingerprint density at radius 1 is 1.19 bits per heavy atom. The molecular formula is C12H18O4. The number of phenolic OH excluding ortho intramolecular Hbond substituents is 1. The van der Waals surface area contributed by atoms with Gasteiger partial charge in [-0.1, -0.05) is 0 Å². The maximum Gasteiger partial charge on any atom is 0.200 e. The Bertz CT molecular complexity index is 322. The van der Waals surface area contributed by atoms with E-state index in [-0.39, 0.29) is 11.9 Å². The van der Waals surface area contributed by atoms with Gasteiger partial charge in [0.05, 0.1) is 20.3 Å². The fourth-order valence-corrected chi connectivity index (χ4v) is 1.47. The lowest BCUT2D eigenvalue weighted by Crippen LogP contribution is -2.02. The van der Waals surface area contributed by atoms with Crippen molar-refractivity contribution in [1.82, 2.24) is 0 Å². The summed E-state index contributed by atoms with van der Waals surface area (Å²) in [6.07, 6.45) is 1.03. The zero-order chi connectivity index (χ0) is 12.1. The van der Waals surface area contributed by atoms with Gasteiger partial charge in [0.1, 0.15) is 0 Å². The van der Waals surface area contributed by atoms with Crippen LogP contribution in [0.4, 0.5) is 0 Å². The number of aryl methyl sites for hydroxylation is 1. The van der Waals surface area contributed by atoms with Gasteiger partial charge in [-0.15, -0.1) is 0 Å². The highest BCUT2D eigenvalue weighted by Crippen LogP contribution is 2.37. The highest BCUT2D eigenvalue weighted by atomic mass is 16.5. The number of aliphatic hydroxyl groups is 1. The van der Waals surface area contributed by atoms with Crippen LogP contribution >= 0.6 is 0 Å². The molecule has 16 heavy (non-hydrogen) atoms. The van der Waals surface area contributed by atoms with Gasteiger partial charge < -0.3 is 19.7 Å². The predicted molar refractivity (Wildman–Crippen MR) is 61.2 cm³/mol. The normalized spacial score (nSPS) is 12.2. The van der Waals surface area contributed by atoms with Gasteiger partial charge in [0, 0.05) is 0 Å². The third kappa shape index (κ3) is 3.03. The van der Waals surface area contributed by atoms with Crippen molar-refractivity contribution in [3.05, 3.63) is 17.7 Å². The van der Waals surface area contributed by atoms with Crippen molar-refractivity contribution in [2.45, 2.75) is 25.9 Å². The Morgan fingerprint density at radius 2 is 1.69 bits per heavy atom. The molecule has 0 bridgehead atoms. The zero-order valence-corrected chi connectivity index (χ0v) is 9.86. The number of hydrogen-bond donors (Lipinski definition) is 2. The van der Waals surface area contributed by atoms with Gasteiger partial charge in [-0.25, -0.2) is 0 Å². The van der Waals surface area contributed by atoms with E-state index in [1.165, 1.54) is 14.2 Å². The summed E-state index contributed by atoms with van der Waals surface area (Å²) in [5, 5.41) is 18.9. The third-order valence-corrected chi connectivity index (χ3v) is 2.39. The molecule has 0 heterocycles. The number of aliphatic hydroxyl groups excluding tert-OH is 1. The topological polar surface area (TPSA) is 58.9 Å². The largest absolute Gasteiger partial charge is 0.502 e. The second-order valence-electron chi connectivity index (χ2n) is 3.74. The monoisotopic (exact) mass is 226 g/mol. The van der Waals surface area contributed by atoms with Crippen molar-refractivity contribution in [3.63, 3.8) is 0 Å². The average Bonchev–Trinajstić information content (AvgIpc) is 2.27. The van der Waals surface area contributed by atoms with E-state index in [4.69, 9.17) is 9.47 Å². The lowest BCUT2D eigenvalue weighted by atomic mass is 10.1. The molecule has 1 rings (SSSR count). The van der Waals surface area contributed by atoms with Crippen LogP contribution in [0.2, 0.25) is 0 Å². The van der Waals surface area contributed by atoms with Crippen LogP contribution in [0.15, 0.2) is 12.1 Å². The molecular weight excluding hydrogens is 208 g/mol. The first-order chi connectivity index (χ1) is 7.58. The molecule has 4 nitrogen and oxygen atoms in total. The molecule has 0 saturated heterocycles. The van der Waals surface area contributed by atoms with Gasteiger partial charge >= 0.3 is 0 Å². The van der Waals surface area contributed by atoms with E-state index in [2.05, 4.69) is 0 Å². The minimum Gasteiger partial charge on any atom is -0.502 e. The molecule has 4 heteroatoms. The third-order valence-electron chi connectivity index (χ3n) is 2.39. The average molecular weight is 226 g/mol. The van der Waals surface area contributed by atoms with Crippen LogP contribution in [0.25, 0.3) is 0 Å². The number of ether oxygens (including phenoxy) is 2. The molecule has 0 unspecified atom stereocenters. The summed E-state index contributed by atoms with van der Waals surface area (Å²) in [6, 6.07) is 3.50. The maximum atomic E-state index is 9.69. The summed E-state index contributed by atoms with van der Waals surface area (Å²) in [6.45, 7) is 1.74. The summed E-state index contributed by atoms with van der Waals surface area (Å²) >= 11 is 0. The van der Waals surface area contributed by atoms with Gasteiger partial charge in [0.2, 0.25) is 5.75 Å². The minimum atomic E-state index is -0.342. The van der Waals surface area contributed by atoms with Crippen molar-refractivity contribution < 1.29 is 19.7 Å². The lowest BCUT2D eigenvalue weighted by molar-refractivity contribution is 0.185. The zero-order valence-electron chi connectivity index (χ0n) is 9.86. The van der Waals surface area contributed by atoms with Crippen LogP contribution in [-0.2, 0) is 6.42 Å². The number of phenols is 1. The Morgan fingerprint density at radius 3 is 2.06 bits per heavy atom. The molecule has 0 saturated carbocycles. The SMILES string of the molecule is COc1cc(CC[C@H](C)O)cc(OC)c1O. The second-order valence-corrected chi connectivity index (χ2v) is 3.74. The number of benzene rings is 1. The van der Waals surface area contributed by atoms with E-state index < -0.39 is 0 Å². The van der Waals surface area contributed by atoms with Gasteiger partial charge in [-0.05, 0) is 37.5 Å². The van der Waals surface area contributed by atoms with E-state index in [9.17, 15) is 10.2 Å². The molecule has 0 aliphatic heterocycles. The van der Waals surface area contributed by atoms with Crippen molar-refractivity contribution >= 4 is 0 Å². The van der Waals surface area contributed by atoms with E-state index in [1.54, 1.807) is 19.1 Å². The van der Waals surface area contributed by atoms with Crippen LogP contribution in [0.1, 0.15) is 18.9 Å². The smallest absolute Gasteiger partial charge is 0.200 e. The van der Waals surface area contributed by atoms with E-state index in [0.717, 1.165) is 5.56 Å². The molecule has 0 radical (unpaired) electrons. The Balaban J connectivity index is 2.93. The number of hydrogen-bond acceptors (Lipinski definition) is 4. The minimum absolute atomic E-state index is 0.00537. The molecule has 0 fully saturated rings. The Labute approximate surface area is 95.4 Å². The molecule has 1 aromatic rings. The van der Waals surface area contributed by atoms with Gasteiger partial charge in [-0.3, -0.25) is 0 Å². The summed E-state index contributed by atoms with van der Waals surface area (Å²) in [5.74, 6) is 0.783. The Hall–Kier alpha value is -1.42. The van der Waals surface area contributed by atoms with E-state index >= 15 is 0 Å². The van der Waals surface area contributed by atoms with Gasteiger partial charge in [-0.2, -0.15) is 0 Å². The first kappa shape index (κ1) is 12.6. The quantitative estimate of drug-likeness (QED) is 0.802. The molecule has 0 amide bonds. The summed E-state index contributed by atoms with van der Waals surface area (Å²) in [4.78, 5) is 0. The maximum absolute atomic E-state index is 9.69. The summed E-state index contributed by atoms with van der Waals surface area (Å²) in [5.41, 5.74) is 0.965. The van der Waals surface area contributed by atoms with Gasteiger partial charge in [0.25, 0.3) is 0 Å². The van der Waals surface area contributed by atoms with Crippen LogP contribution < -0.4 is 9.47 Å². The fourth-order valence-electron chi connectivity index (χ4n) is 1.47. The highest BCUT2D eigenvalue weighted by Gasteiger charge is 2.11. The van der Waals surface area contributed by atoms with Gasteiger partial charge in [0.15, 0.2) is 11.5 Å². The van der Waals surface area contributed by atoms with Crippen molar-refractivity contribution in [1.29, 1.82) is 0 Å². The number of aromatic hydroxyl groups is 1. The molecule has 0 spiro atoms. The molecule has 90 valence electrons. The van der Waals surface area contributed by atoms with Crippen LogP contribution in [0.5, 0.6) is 17.2 Å². The number of methoxy groups -OCH3 is 2. The van der Waals surface area contributed by atoms with Crippen molar-refractivity contribution in [2.75, 3.05) is 14.2 Å². The molecule has 0 aliphatic carbocycles. The van der Waals surface area contributed by atoms with Crippen LogP contribution in [0.3, 0.4) is 0 Å². The second kappa shape index (κ2) is 5.61. The van der Waals surface area contributed by atoms with E-state index in [1.807, 2.05) is 0 Å². The highest BCUT2D eigenvalue weighted by molar-refractivity contribution is 5.52. The van der Waals surface area contributed by atoms with Crippen molar-refractivity contribution in [2.24, 2.45) is 0 Å². The fraction of sp³-hybridized carbons (Fsp3) is 0.500. The van der Waals surface area contributed by atoms with Crippen LogP contribution in [0, 0.1) is 0 Å². The Kier molecular flexibility index (Phi) is 4.43. The predicted octanol–water partition coefficient (Wildman–Crippen LogP) is 1.72. The summed E-state index contributed by atoms with van der Waals surface area (Å²) < 4.78 is 10.1. The molecule has 1 aromatic carbocycles. The van der Waals surface area contributed by atoms with E-state index in [0.29, 0.717) is 24.3 Å². The molecule has 0 aliphatic rings. The summed E-state index contributed by atoms with van der Waals surface area (Å²) in [7, 11) is 2.99.